The van der Waals surface area contributed by atoms with Crippen LogP contribution >= 0.6 is 11.6 Å². The van der Waals surface area contributed by atoms with Crippen LogP contribution in [0.15, 0.2) is 84.4 Å². The van der Waals surface area contributed by atoms with Crippen molar-refractivity contribution in [1.29, 1.82) is 0 Å². The summed E-state index contributed by atoms with van der Waals surface area (Å²) in [6, 6.07) is 23.3. The average molecular weight is 527 g/mol. The molecule has 0 unspecified atom stereocenters. The molecule has 4 aromatic rings. The number of barbiturate groups is 1. The number of fused-ring (bicyclic) bond motifs is 1. The van der Waals surface area contributed by atoms with Gasteiger partial charge in [0.2, 0.25) is 0 Å². The van der Waals surface area contributed by atoms with E-state index in [1.54, 1.807) is 43.3 Å². The van der Waals surface area contributed by atoms with E-state index in [1.165, 1.54) is 13.2 Å². The first-order valence-electron chi connectivity index (χ1n) is 11.8. The van der Waals surface area contributed by atoms with Gasteiger partial charge in [-0.3, -0.25) is 14.9 Å². The smallest absolute Gasteiger partial charge is 0.335 e. The van der Waals surface area contributed by atoms with Gasteiger partial charge in [-0.1, -0.05) is 72.3 Å². The molecule has 38 heavy (non-hydrogen) atoms. The van der Waals surface area contributed by atoms with E-state index in [0.717, 1.165) is 21.2 Å². The van der Waals surface area contributed by atoms with Gasteiger partial charge in [-0.05, 0) is 58.7 Å². The molecule has 190 valence electrons. The van der Waals surface area contributed by atoms with Crippen LogP contribution in [0.3, 0.4) is 0 Å². The van der Waals surface area contributed by atoms with Gasteiger partial charge in [0.15, 0.2) is 11.5 Å². The van der Waals surface area contributed by atoms with Crippen LogP contribution < -0.4 is 19.7 Å². The zero-order valence-electron chi connectivity index (χ0n) is 20.7. The molecule has 0 atom stereocenters. The Bertz CT molecular complexity index is 1620. The molecular formula is C30H23ClN2O5. The van der Waals surface area contributed by atoms with Gasteiger partial charge in [0.05, 0.1) is 17.8 Å². The Hall–Kier alpha value is -4.62. The number of amides is 4. The molecule has 1 aliphatic rings. The highest BCUT2D eigenvalue weighted by molar-refractivity contribution is 6.39. The SMILES string of the molecule is COc1cc(/C=C2\C(=O)NC(=O)N(c3ccccc3C)C2=O)cc(Cl)c1OCc1cccc2ccccc12. The molecule has 0 radical (unpaired) electrons. The molecule has 0 aromatic heterocycles. The van der Waals surface area contributed by atoms with E-state index in [9.17, 15) is 14.4 Å². The Kier molecular flexibility index (Phi) is 6.85. The van der Waals surface area contributed by atoms with E-state index in [2.05, 4.69) is 5.32 Å². The van der Waals surface area contributed by atoms with E-state index in [1.807, 2.05) is 42.5 Å². The summed E-state index contributed by atoms with van der Waals surface area (Å²) in [5.74, 6) is -0.865. The van der Waals surface area contributed by atoms with Gasteiger partial charge >= 0.3 is 6.03 Å². The number of nitrogens with one attached hydrogen (secondary N) is 1. The number of hydrogen-bond acceptors (Lipinski definition) is 5. The van der Waals surface area contributed by atoms with Gasteiger partial charge in [-0.2, -0.15) is 0 Å². The molecule has 7 nitrogen and oxygen atoms in total. The first kappa shape index (κ1) is 25.0. The number of hydrogen-bond donors (Lipinski definition) is 1. The van der Waals surface area contributed by atoms with Gasteiger partial charge in [0.25, 0.3) is 11.8 Å². The van der Waals surface area contributed by atoms with Crippen LogP contribution in [0.5, 0.6) is 11.5 Å². The normalized spacial score (nSPS) is 14.7. The number of carbonyl (C=O) groups is 3. The molecule has 4 amide bonds. The van der Waals surface area contributed by atoms with E-state index >= 15 is 0 Å². The second-order valence-corrected chi connectivity index (χ2v) is 9.11. The Morgan fingerprint density at radius 2 is 1.68 bits per heavy atom. The maximum Gasteiger partial charge on any atom is 0.335 e. The molecule has 0 aliphatic carbocycles. The molecule has 0 bridgehead atoms. The van der Waals surface area contributed by atoms with E-state index in [-0.39, 0.29) is 17.2 Å². The molecule has 1 aliphatic heterocycles. The molecule has 0 spiro atoms. The predicted octanol–water partition coefficient (Wildman–Crippen LogP) is 6.06. The number of halogens is 1. The topological polar surface area (TPSA) is 84.9 Å². The quantitative estimate of drug-likeness (QED) is 0.244. The number of methoxy groups -OCH3 is 1. The molecule has 4 aromatic carbocycles. The molecule has 1 saturated heterocycles. The minimum Gasteiger partial charge on any atom is -0.493 e. The summed E-state index contributed by atoms with van der Waals surface area (Å²) in [7, 11) is 1.48. The monoisotopic (exact) mass is 526 g/mol. The standard InChI is InChI=1S/C30H23ClN2O5/c1-18-8-3-6-13-25(18)33-29(35)23(28(34)32-30(33)36)14-19-15-24(31)27(26(16-19)37-2)38-17-21-11-7-10-20-9-4-5-12-22(20)21/h3-16H,17H2,1-2H3,(H,32,34,36)/b23-14+. The van der Waals surface area contributed by atoms with Crippen molar-refractivity contribution in [3.63, 3.8) is 0 Å². The molecule has 1 fully saturated rings. The fourth-order valence-corrected chi connectivity index (χ4v) is 4.66. The number of imide groups is 2. The molecule has 5 rings (SSSR count). The van der Waals surface area contributed by atoms with Crippen molar-refractivity contribution in [3.8, 4) is 11.5 Å². The van der Waals surface area contributed by atoms with Crippen molar-refractivity contribution in [1.82, 2.24) is 5.32 Å². The summed E-state index contributed by atoms with van der Waals surface area (Å²) in [5.41, 5.74) is 2.30. The van der Waals surface area contributed by atoms with Crippen molar-refractivity contribution in [2.75, 3.05) is 12.0 Å². The number of ether oxygens (including phenoxy) is 2. The maximum absolute atomic E-state index is 13.3. The van der Waals surface area contributed by atoms with E-state index < -0.39 is 17.8 Å². The molecule has 1 heterocycles. The fourth-order valence-electron chi connectivity index (χ4n) is 4.39. The van der Waals surface area contributed by atoms with Crippen LogP contribution in [0.2, 0.25) is 5.02 Å². The van der Waals surface area contributed by atoms with Crippen LogP contribution in [0.25, 0.3) is 16.8 Å². The Morgan fingerprint density at radius 3 is 2.47 bits per heavy atom. The molecule has 0 saturated carbocycles. The summed E-state index contributed by atoms with van der Waals surface area (Å²) >= 11 is 6.57. The minimum absolute atomic E-state index is 0.213. The number of benzene rings is 4. The van der Waals surface area contributed by atoms with Gasteiger partial charge in [0.1, 0.15) is 12.2 Å². The van der Waals surface area contributed by atoms with Crippen LogP contribution in [-0.2, 0) is 16.2 Å². The third-order valence-electron chi connectivity index (χ3n) is 6.27. The van der Waals surface area contributed by atoms with Crippen molar-refractivity contribution >= 4 is 52.0 Å². The highest BCUT2D eigenvalue weighted by atomic mass is 35.5. The van der Waals surface area contributed by atoms with Crippen LogP contribution in [0.1, 0.15) is 16.7 Å². The Labute approximate surface area is 224 Å². The van der Waals surface area contributed by atoms with Crippen LogP contribution in [-0.4, -0.2) is 25.0 Å². The molecule has 1 N–H and O–H groups in total. The maximum atomic E-state index is 13.3. The summed E-state index contributed by atoms with van der Waals surface area (Å²) in [6.07, 6.45) is 1.37. The number of nitrogens with zero attached hydrogens (tertiary/aromatic N) is 1. The first-order chi connectivity index (χ1) is 18.4. The largest absolute Gasteiger partial charge is 0.493 e. The average Bonchev–Trinajstić information content (AvgIpc) is 2.91. The summed E-state index contributed by atoms with van der Waals surface area (Å²) < 4.78 is 11.6. The highest BCUT2D eigenvalue weighted by Gasteiger charge is 2.37. The zero-order chi connectivity index (χ0) is 26.8. The van der Waals surface area contributed by atoms with Gasteiger partial charge in [-0.25, -0.2) is 9.69 Å². The number of aryl methyl sites for hydroxylation is 1. The summed E-state index contributed by atoms with van der Waals surface area (Å²) in [6.45, 7) is 2.03. The predicted molar refractivity (Wildman–Crippen MR) is 146 cm³/mol. The van der Waals surface area contributed by atoms with Gasteiger partial charge in [-0.15, -0.1) is 0 Å². The first-order valence-corrected chi connectivity index (χ1v) is 12.2. The Morgan fingerprint density at radius 1 is 0.947 bits per heavy atom. The van der Waals surface area contributed by atoms with Crippen LogP contribution in [0, 0.1) is 6.92 Å². The number of carbonyl (C=O) groups excluding carboxylic acids is 3. The minimum atomic E-state index is -0.806. The van der Waals surface area contributed by atoms with Crippen molar-refractivity contribution in [2.24, 2.45) is 0 Å². The van der Waals surface area contributed by atoms with Gasteiger partial charge in [0, 0.05) is 0 Å². The van der Waals surface area contributed by atoms with Crippen molar-refractivity contribution < 1.29 is 23.9 Å². The number of rotatable bonds is 6. The number of para-hydroxylation sites is 1. The van der Waals surface area contributed by atoms with Crippen LogP contribution in [0.4, 0.5) is 10.5 Å². The highest BCUT2D eigenvalue weighted by Crippen LogP contribution is 2.38. The lowest BCUT2D eigenvalue weighted by molar-refractivity contribution is -0.122. The van der Waals surface area contributed by atoms with Crippen molar-refractivity contribution in [3.05, 3.63) is 106 Å². The second kappa shape index (κ2) is 10.4. The lowest BCUT2D eigenvalue weighted by Crippen LogP contribution is -2.54. The van der Waals surface area contributed by atoms with E-state index in [4.69, 9.17) is 21.1 Å². The Balaban J connectivity index is 1.45. The number of anilines is 1. The van der Waals surface area contributed by atoms with Crippen molar-refractivity contribution in [2.45, 2.75) is 13.5 Å². The lowest BCUT2D eigenvalue weighted by Gasteiger charge is -2.27. The fraction of sp³-hybridized carbons (Fsp3) is 0.100. The number of urea groups is 1. The molecular weight excluding hydrogens is 504 g/mol. The van der Waals surface area contributed by atoms with E-state index in [0.29, 0.717) is 28.3 Å². The zero-order valence-corrected chi connectivity index (χ0v) is 21.4. The third kappa shape index (κ3) is 4.71. The molecule has 8 heteroatoms. The lowest BCUT2D eigenvalue weighted by atomic mass is 10.0. The van der Waals surface area contributed by atoms with Gasteiger partial charge < -0.3 is 9.47 Å². The third-order valence-corrected chi connectivity index (χ3v) is 6.55. The second-order valence-electron chi connectivity index (χ2n) is 8.71. The summed E-state index contributed by atoms with van der Waals surface area (Å²) in [4.78, 5) is 39.4. The summed E-state index contributed by atoms with van der Waals surface area (Å²) in [5, 5.41) is 4.65.